The second kappa shape index (κ2) is 8.65. The van der Waals surface area contributed by atoms with E-state index in [1.165, 1.54) is 18.2 Å². The summed E-state index contributed by atoms with van der Waals surface area (Å²) in [6, 6.07) is 5.63. The third kappa shape index (κ3) is 4.37. The molecule has 7 nitrogen and oxygen atoms in total. The van der Waals surface area contributed by atoms with Gasteiger partial charge < -0.3 is 18.9 Å². The molecule has 1 atom stereocenters. The zero-order chi connectivity index (χ0) is 19.4. The maximum atomic E-state index is 12.5. The minimum absolute atomic E-state index is 0.169. The van der Waals surface area contributed by atoms with E-state index in [9.17, 15) is 4.79 Å². The molecule has 0 unspecified atom stereocenters. The van der Waals surface area contributed by atoms with Crippen LogP contribution >= 0.6 is 11.8 Å². The lowest BCUT2D eigenvalue weighted by molar-refractivity contribution is -0.130. The Morgan fingerprint density at radius 3 is 2.74 bits per heavy atom. The van der Waals surface area contributed by atoms with Crippen LogP contribution in [0, 0.1) is 5.92 Å². The summed E-state index contributed by atoms with van der Waals surface area (Å²) in [6.45, 7) is 3.92. The number of hydrogen-bond acceptors (Lipinski definition) is 6. The van der Waals surface area contributed by atoms with Crippen molar-refractivity contribution in [1.82, 2.24) is 19.7 Å². The van der Waals surface area contributed by atoms with Gasteiger partial charge in [0.15, 0.2) is 22.5 Å². The first kappa shape index (κ1) is 19.5. The van der Waals surface area contributed by atoms with Crippen LogP contribution in [0.15, 0.2) is 23.4 Å². The third-order valence-electron chi connectivity index (χ3n) is 4.81. The van der Waals surface area contributed by atoms with Gasteiger partial charge in [0.1, 0.15) is 0 Å². The van der Waals surface area contributed by atoms with Crippen LogP contribution < -0.4 is 9.47 Å². The van der Waals surface area contributed by atoms with Gasteiger partial charge in [-0.3, -0.25) is 4.79 Å². The number of ether oxygens (including phenoxy) is 2. The molecule has 146 valence electrons. The number of benzene rings is 1. The highest BCUT2D eigenvalue weighted by atomic mass is 32.2. The summed E-state index contributed by atoms with van der Waals surface area (Å²) in [5.74, 6) is 3.16. The number of methoxy groups -OCH3 is 2. The van der Waals surface area contributed by atoms with Crippen molar-refractivity contribution in [2.75, 3.05) is 33.1 Å². The number of hydrogen-bond donors (Lipinski definition) is 0. The normalized spacial score (nSPS) is 17.0. The van der Waals surface area contributed by atoms with Gasteiger partial charge in [0.2, 0.25) is 5.91 Å². The fourth-order valence-electron chi connectivity index (χ4n) is 3.30. The topological polar surface area (TPSA) is 69.5 Å². The van der Waals surface area contributed by atoms with Crippen LogP contribution in [0.2, 0.25) is 0 Å². The molecule has 1 aromatic carbocycles. The second-order valence-corrected chi connectivity index (χ2v) is 7.75. The molecule has 27 heavy (non-hydrogen) atoms. The zero-order valence-corrected chi connectivity index (χ0v) is 17.1. The predicted molar refractivity (Wildman–Crippen MR) is 105 cm³/mol. The quantitative estimate of drug-likeness (QED) is 0.707. The molecule has 0 bridgehead atoms. The second-order valence-electron chi connectivity index (χ2n) is 6.81. The summed E-state index contributed by atoms with van der Waals surface area (Å²) in [7, 11) is 5.11. The molecular formula is C19H26N4O3S. The van der Waals surface area contributed by atoms with Crippen molar-refractivity contribution in [2.24, 2.45) is 13.0 Å². The molecule has 0 radical (unpaired) electrons. The van der Waals surface area contributed by atoms with Gasteiger partial charge in [0, 0.05) is 25.7 Å². The molecule has 1 aromatic heterocycles. The van der Waals surface area contributed by atoms with Gasteiger partial charge in [-0.05, 0) is 37.0 Å². The molecule has 2 aromatic rings. The number of nitrogens with zero attached hydrogens (tertiary/aromatic N) is 4. The van der Waals surface area contributed by atoms with Gasteiger partial charge in [0.25, 0.3) is 0 Å². The van der Waals surface area contributed by atoms with E-state index in [0.29, 0.717) is 23.2 Å². The number of likely N-dealkylation sites (tertiary alicyclic amines) is 1. The summed E-state index contributed by atoms with van der Waals surface area (Å²) in [5, 5.41) is 9.27. The van der Waals surface area contributed by atoms with Gasteiger partial charge in [-0.15, -0.1) is 10.2 Å². The summed E-state index contributed by atoms with van der Waals surface area (Å²) < 4.78 is 12.5. The number of carbonyl (C=O) groups excluding carboxylic acids is 1. The highest BCUT2D eigenvalue weighted by Gasteiger charge is 2.22. The molecule has 2 heterocycles. The Hall–Kier alpha value is -2.22. The van der Waals surface area contributed by atoms with E-state index in [-0.39, 0.29) is 5.91 Å². The molecule has 1 aliphatic heterocycles. The Balaban J connectivity index is 1.69. The first-order chi connectivity index (χ1) is 13.0. The van der Waals surface area contributed by atoms with Crippen molar-refractivity contribution in [2.45, 2.75) is 24.9 Å². The van der Waals surface area contributed by atoms with E-state index in [1.807, 2.05) is 34.7 Å². The lowest BCUT2D eigenvalue weighted by Gasteiger charge is -2.30. The van der Waals surface area contributed by atoms with Gasteiger partial charge in [-0.2, -0.15) is 0 Å². The molecule has 0 N–H and O–H groups in total. The maximum Gasteiger partial charge on any atom is 0.233 e. The Kier molecular flexibility index (Phi) is 6.26. The fourth-order valence-corrected chi connectivity index (χ4v) is 4.11. The fraction of sp³-hybridized carbons (Fsp3) is 0.526. The van der Waals surface area contributed by atoms with Gasteiger partial charge in [-0.1, -0.05) is 18.7 Å². The predicted octanol–water partition coefficient (Wildman–Crippen LogP) is 2.85. The Bertz CT molecular complexity index is 808. The summed E-state index contributed by atoms with van der Waals surface area (Å²) in [5.41, 5.74) is 0.880. The van der Waals surface area contributed by atoms with Crippen molar-refractivity contribution >= 4 is 17.7 Å². The van der Waals surface area contributed by atoms with Crippen LogP contribution in [0.4, 0.5) is 0 Å². The van der Waals surface area contributed by atoms with E-state index in [4.69, 9.17) is 9.47 Å². The largest absolute Gasteiger partial charge is 0.493 e. The van der Waals surface area contributed by atoms with Crippen LogP contribution in [0.25, 0.3) is 11.4 Å². The van der Waals surface area contributed by atoms with Crippen molar-refractivity contribution in [1.29, 1.82) is 0 Å². The van der Waals surface area contributed by atoms with E-state index >= 15 is 0 Å². The first-order valence-corrected chi connectivity index (χ1v) is 10.0. The van der Waals surface area contributed by atoms with Crippen LogP contribution in [0.3, 0.4) is 0 Å². The number of amides is 1. The first-order valence-electron chi connectivity index (χ1n) is 9.05. The smallest absolute Gasteiger partial charge is 0.233 e. The number of thioether (sulfide) groups is 1. The minimum atomic E-state index is 0.169. The zero-order valence-electron chi connectivity index (χ0n) is 16.3. The summed E-state index contributed by atoms with van der Waals surface area (Å²) >= 11 is 1.43. The minimum Gasteiger partial charge on any atom is -0.493 e. The average molecular weight is 391 g/mol. The molecular weight excluding hydrogens is 364 g/mol. The molecule has 3 rings (SSSR count). The number of piperidine rings is 1. The molecule has 1 saturated heterocycles. The van der Waals surface area contributed by atoms with Gasteiger partial charge in [-0.25, -0.2) is 0 Å². The van der Waals surface area contributed by atoms with E-state index in [1.54, 1.807) is 14.2 Å². The van der Waals surface area contributed by atoms with Gasteiger partial charge >= 0.3 is 0 Å². The average Bonchev–Trinajstić information content (AvgIpc) is 3.06. The van der Waals surface area contributed by atoms with E-state index in [0.717, 1.165) is 36.1 Å². The van der Waals surface area contributed by atoms with Crippen LogP contribution in [-0.4, -0.2) is 58.6 Å². The molecule has 0 spiro atoms. The van der Waals surface area contributed by atoms with E-state index < -0.39 is 0 Å². The SMILES string of the molecule is COc1ccc(-c2nnc(SCC(=O)N3CCC[C@@H](C)C3)n2C)cc1OC. The molecule has 1 aliphatic rings. The highest BCUT2D eigenvalue weighted by molar-refractivity contribution is 7.99. The van der Waals surface area contributed by atoms with Crippen LogP contribution in [-0.2, 0) is 11.8 Å². The molecule has 8 heteroatoms. The van der Waals surface area contributed by atoms with Crippen molar-refractivity contribution < 1.29 is 14.3 Å². The monoisotopic (exact) mass is 390 g/mol. The molecule has 0 saturated carbocycles. The standard InChI is InChI=1S/C19H26N4O3S/c1-13-6-5-9-23(11-13)17(24)12-27-19-21-20-18(22(19)2)14-7-8-15(25-3)16(10-14)26-4/h7-8,10,13H,5-6,9,11-12H2,1-4H3/t13-/m1/s1. The van der Waals surface area contributed by atoms with Crippen LogP contribution in [0.1, 0.15) is 19.8 Å². The lowest BCUT2D eigenvalue weighted by atomic mass is 10.0. The highest BCUT2D eigenvalue weighted by Crippen LogP contribution is 2.32. The van der Waals surface area contributed by atoms with Crippen LogP contribution in [0.5, 0.6) is 11.5 Å². The Labute approximate surface area is 164 Å². The molecule has 1 fully saturated rings. The summed E-state index contributed by atoms with van der Waals surface area (Å²) in [6.07, 6.45) is 2.29. The lowest BCUT2D eigenvalue weighted by Crippen LogP contribution is -2.40. The van der Waals surface area contributed by atoms with Crippen molar-refractivity contribution in [3.05, 3.63) is 18.2 Å². The number of carbonyl (C=O) groups is 1. The Morgan fingerprint density at radius 2 is 2.04 bits per heavy atom. The number of rotatable bonds is 6. The summed E-state index contributed by atoms with van der Waals surface area (Å²) in [4.78, 5) is 14.4. The Morgan fingerprint density at radius 1 is 1.26 bits per heavy atom. The van der Waals surface area contributed by atoms with Crippen molar-refractivity contribution in [3.8, 4) is 22.9 Å². The molecule has 0 aliphatic carbocycles. The third-order valence-corrected chi connectivity index (χ3v) is 5.82. The maximum absolute atomic E-state index is 12.5. The number of aromatic nitrogens is 3. The van der Waals surface area contributed by atoms with Gasteiger partial charge in [0.05, 0.1) is 20.0 Å². The molecule has 1 amide bonds. The van der Waals surface area contributed by atoms with E-state index in [2.05, 4.69) is 17.1 Å². The van der Waals surface area contributed by atoms with Crippen molar-refractivity contribution in [3.63, 3.8) is 0 Å².